The minimum atomic E-state index is 0.170. The van der Waals surface area contributed by atoms with Crippen molar-refractivity contribution >= 4 is 0 Å². The van der Waals surface area contributed by atoms with Crippen molar-refractivity contribution < 1.29 is 9.84 Å². The van der Waals surface area contributed by atoms with Gasteiger partial charge in [-0.3, -0.25) is 4.90 Å². The van der Waals surface area contributed by atoms with E-state index in [0.717, 1.165) is 18.7 Å². The molecule has 2 fully saturated rings. The Morgan fingerprint density at radius 1 is 1.39 bits per heavy atom. The highest BCUT2D eigenvalue weighted by atomic mass is 16.5. The largest absolute Gasteiger partial charge is 0.508 e. The summed E-state index contributed by atoms with van der Waals surface area (Å²) in [6, 6.07) is 6.15. The van der Waals surface area contributed by atoms with Crippen LogP contribution < -0.4 is 4.74 Å². The van der Waals surface area contributed by atoms with E-state index in [4.69, 9.17) is 4.74 Å². The lowest BCUT2D eigenvalue weighted by Gasteiger charge is -2.51. The highest BCUT2D eigenvalue weighted by Gasteiger charge is 2.57. The number of phenolic OH excluding ortho intramolecular Hbond substituents is 1. The average Bonchev–Trinajstić information content (AvgIpc) is 2.69. The van der Waals surface area contributed by atoms with Crippen LogP contribution in [-0.4, -0.2) is 35.7 Å². The summed E-state index contributed by atoms with van der Waals surface area (Å²) < 4.78 is 6.24. The minimum Gasteiger partial charge on any atom is -0.508 e. The first-order chi connectivity index (χ1) is 8.71. The van der Waals surface area contributed by atoms with Gasteiger partial charge in [0, 0.05) is 17.0 Å². The van der Waals surface area contributed by atoms with Crippen LogP contribution in [0.15, 0.2) is 18.2 Å². The molecule has 0 amide bonds. The Morgan fingerprint density at radius 3 is 3.17 bits per heavy atom. The summed E-state index contributed by atoms with van der Waals surface area (Å²) in [5, 5.41) is 9.77. The summed E-state index contributed by atoms with van der Waals surface area (Å²) in [6.07, 6.45) is 5.16. The molecule has 3 nitrogen and oxygen atoms in total. The van der Waals surface area contributed by atoms with E-state index < -0.39 is 0 Å². The standard InChI is InChI=1S/C15H19NO2/c1-16-8-7-15-6-2-3-12(16)14(15)18-13-5-4-10(17)9-11(13)15/h4-5,9,12,14,17H,2-3,6-8H2,1H3/t12-,14+,15-/m0/s1. The van der Waals surface area contributed by atoms with Gasteiger partial charge in [0.25, 0.3) is 0 Å². The zero-order valence-electron chi connectivity index (χ0n) is 10.7. The number of likely N-dealkylation sites (tertiary alicyclic amines) is 1. The molecule has 2 bridgehead atoms. The normalized spacial score (nSPS) is 37.8. The second kappa shape index (κ2) is 3.41. The Balaban J connectivity index is 1.87. The molecule has 3 aliphatic rings. The zero-order valence-corrected chi connectivity index (χ0v) is 10.7. The van der Waals surface area contributed by atoms with Crippen LogP contribution in [0.3, 0.4) is 0 Å². The molecule has 3 atom stereocenters. The topological polar surface area (TPSA) is 32.7 Å². The maximum atomic E-state index is 9.77. The van der Waals surface area contributed by atoms with Gasteiger partial charge in [-0.05, 0) is 51.1 Å². The molecular formula is C15H19NO2. The summed E-state index contributed by atoms with van der Waals surface area (Å²) in [5.74, 6) is 1.37. The molecule has 0 radical (unpaired) electrons. The van der Waals surface area contributed by atoms with E-state index in [9.17, 15) is 5.11 Å². The highest BCUT2D eigenvalue weighted by molar-refractivity contribution is 5.50. The van der Waals surface area contributed by atoms with E-state index in [-0.39, 0.29) is 5.41 Å². The molecule has 0 spiro atoms. The number of hydrogen-bond acceptors (Lipinski definition) is 3. The van der Waals surface area contributed by atoms with Crippen molar-refractivity contribution in [3.8, 4) is 11.5 Å². The molecule has 4 rings (SSSR count). The lowest BCUT2D eigenvalue weighted by atomic mass is 9.62. The summed E-state index contributed by atoms with van der Waals surface area (Å²) in [5.41, 5.74) is 1.43. The van der Waals surface area contributed by atoms with Gasteiger partial charge in [-0.2, -0.15) is 0 Å². The monoisotopic (exact) mass is 245 g/mol. The lowest BCUT2D eigenvalue weighted by molar-refractivity contribution is -0.0303. The predicted octanol–water partition coefficient (Wildman–Crippen LogP) is 2.28. The van der Waals surface area contributed by atoms with Crippen molar-refractivity contribution in [1.82, 2.24) is 4.90 Å². The third-order valence-electron chi connectivity index (χ3n) is 5.25. The lowest BCUT2D eigenvalue weighted by Crippen LogP contribution is -2.60. The smallest absolute Gasteiger partial charge is 0.124 e. The van der Waals surface area contributed by atoms with Gasteiger partial charge in [-0.15, -0.1) is 0 Å². The molecule has 18 heavy (non-hydrogen) atoms. The molecular weight excluding hydrogens is 226 g/mol. The fourth-order valence-corrected chi connectivity index (χ4v) is 4.31. The van der Waals surface area contributed by atoms with E-state index in [2.05, 4.69) is 11.9 Å². The van der Waals surface area contributed by atoms with Crippen molar-refractivity contribution in [2.24, 2.45) is 0 Å². The van der Waals surface area contributed by atoms with Gasteiger partial charge in [-0.25, -0.2) is 0 Å². The van der Waals surface area contributed by atoms with E-state index in [0.29, 0.717) is 17.9 Å². The Hall–Kier alpha value is -1.22. The van der Waals surface area contributed by atoms with Crippen molar-refractivity contribution in [3.05, 3.63) is 23.8 Å². The quantitative estimate of drug-likeness (QED) is 0.761. The van der Waals surface area contributed by atoms with Crippen molar-refractivity contribution in [3.63, 3.8) is 0 Å². The first kappa shape index (κ1) is 10.7. The summed E-state index contributed by atoms with van der Waals surface area (Å²) in [4.78, 5) is 2.45. The number of benzene rings is 1. The number of piperidine rings is 1. The fourth-order valence-electron chi connectivity index (χ4n) is 4.31. The van der Waals surface area contributed by atoms with Crippen LogP contribution in [0, 0.1) is 0 Å². The second-order valence-corrected chi connectivity index (χ2v) is 6.07. The van der Waals surface area contributed by atoms with E-state index in [1.165, 1.54) is 24.8 Å². The van der Waals surface area contributed by atoms with Crippen LogP contribution in [0.25, 0.3) is 0 Å². The average molecular weight is 245 g/mol. The Kier molecular flexibility index (Phi) is 2.03. The Morgan fingerprint density at radius 2 is 2.28 bits per heavy atom. The highest BCUT2D eigenvalue weighted by Crippen LogP contribution is 2.55. The van der Waals surface area contributed by atoms with Crippen LogP contribution >= 0.6 is 0 Å². The zero-order chi connectivity index (χ0) is 12.3. The number of fused-ring (bicyclic) bond motifs is 1. The van der Waals surface area contributed by atoms with Gasteiger partial charge in [0.1, 0.15) is 17.6 Å². The molecule has 0 unspecified atom stereocenters. The maximum absolute atomic E-state index is 9.77. The van der Waals surface area contributed by atoms with Crippen LogP contribution in [-0.2, 0) is 5.41 Å². The van der Waals surface area contributed by atoms with Crippen molar-refractivity contribution in [2.45, 2.75) is 43.2 Å². The van der Waals surface area contributed by atoms with Gasteiger partial charge in [-0.1, -0.05) is 6.42 Å². The molecule has 1 aliphatic carbocycles. The third-order valence-corrected chi connectivity index (χ3v) is 5.25. The van der Waals surface area contributed by atoms with Crippen LogP contribution in [0.1, 0.15) is 31.2 Å². The van der Waals surface area contributed by atoms with Crippen LogP contribution in [0.2, 0.25) is 0 Å². The molecule has 1 aromatic carbocycles. The molecule has 0 aromatic heterocycles. The predicted molar refractivity (Wildman–Crippen MR) is 69.1 cm³/mol. The molecule has 2 aliphatic heterocycles. The number of rotatable bonds is 0. The van der Waals surface area contributed by atoms with Gasteiger partial charge >= 0.3 is 0 Å². The number of likely N-dealkylation sites (N-methyl/N-ethyl adjacent to an activating group) is 1. The second-order valence-electron chi connectivity index (χ2n) is 6.07. The number of phenols is 1. The van der Waals surface area contributed by atoms with Gasteiger partial charge < -0.3 is 9.84 Å². The van der Waals surface area contributed by atoms with E-state index in [1.807, 2.05) is 12.1 Å². The van der Waals surface area contributed by atoms with Crippen LogP contribution in [0.5, 0.6) is 11.5 Å². The Bertz CT molecular complexity index is 501. The molecule has 2 heterocycles. The van der Waals surface area contributed by atoms with Crippen molar-refractivity contribution in [2.75, 3.05) is 13.6 Å². The first-order valence-corrected chi connectivity index (χ1v) is 6.91. The molecule has 1 saturated heterocycles. The minimum absolute atomic E-state index is 0.170. The maximum Gasteiger partial charge on any atom is 0.124 e. The van der Waals surface area contributed by atoms with E-state index >= 15 is 0 Å². The van der Waals surface area contributed by atoms with Crippen molar-refractivity contribution in [1.29, 1.82) is 0 Å². The number of aromatic hydroxyl groups is 1. The first-order valence-electron chi connectivity index (χ1n) is 6.91. The Labute approximate surface area is 107 Å². The number of nitrogens with zero attached hydrogens (tertiary/aromatic N) is 1. The van der Waals surface area contributed by atoms with Gasteiger partial charge in [0.05, 0.1) is 0 Å². The summed E-state index contributed by atoms with van der Waals surface area (Å²) in [6.45, 7) is 1.14. The molecule has 1 saturated carbocycles. The SMILES string of the molecule is CN1CC[C@]23CCC[C@H]1[C@H]2Oc1ccc(O)cc13. The fraction of sp³-hybridized carbons (Fsp3) is 0.600. The molecule has 96 valence electrons. The molecule has 3 heteroatoms. The van der Waals surface area contributed by atoms with Crippen LogP contribution in [0.4, 0.5) is 0 Å². The number of ether oxygens (including phenoxy) is 1. The van der Waals surface area contributed by atoms with E-state index in [1.54, 1.807) is 6.07 Å². The summed E-state index contributed by atoms with van der Waals surface area (Å²) in [7, 11) is 2.21. The third kappa shape index (κ3) is 1.18. The number of hydrogen-bond donors (Lipinski definition) is 1. The van der Waals surface area contributed by atoms with Gasteiger partial charge in [0.15, 0.2) is 0 Å². The molecule has 1 aromatic rings. The van der Waals surface area contributed by atoms with Gasteiger partial charge in [0.2, 0.25) is 0 Å². The molecule has 1 N–H and O–H groups in total. The summed E-state index contributed by atoms with van der Waals surface area (Å²) >= 11 is 0.